The molecule has 0 heterocycles. The Labute approximate surface area is 176 Å². The number of ether oxygens (including phenoxy) is 2. The molecule has 1 fully saturated rings. The number of methoxy groups -OCH3 is 2. The van der Waals surface area contributed by atoms with E-state index in [-0.39, 0.29) is 41.8 Å². The smallest absolute Gasteiger partial charge is 0.188 e. The molecule has 146 valence electrons. The van der Waals surface area contributed by atoms with Crippen LogP contribution < -0.4 is 20.5 Å². The van der Waals surface area contributed by atoms with Gasteiger partial charge >= 0.3 is 0 Å². The maximum atomic E-state index is 13.8. The summed E-state index contributed by atoms with van der Waals surface area (Å²) >= 11 is 0. The first-order chi connectivity index (χ1) is 12.6. The number of aliphatic imine (C=N–C) groups is 1. The lowest BCUT2D eigenvalue weighted by Gasteiger charge is -2.09. The standard InChI is InChI=1S/C20H24FN3O2.HI/c1-25-18-8-7-13(11-19(18)26-2)9-10-23-20(22)24-17-12-15(17)14-5-3-4-6-16(14)21;/h3-8,11,15,17H,9-10,12H2,1-2H3,(H3,22,23,24);1H. The van der Waals surface area contributed by atoms with E-state index >= 15 is 0 Å². The summed E-state index contributed by atoms with van der Waals surface area (Å²) in [5.41, 5.74) is 7.79. The Bertz CT molecular complexity index is 801. The Morgan fingerprint density at radius 2 is 1.93 bits per heavy atom. The summed E-state index contributed by atoms with van der Waals surface area (Å²) in [6.45, 7) is 0.561. The van der Waals surface area contributed by atoms with Crippen molar-refractivity contribution in [3.8, 4) is 11.5 Å². The lowest BCUT2D eigenvalue weighted by Crippen LogP contribution is -2.34. The van der Waals surface area contributed by atoms with Crippen molar-refractivity contribution in [3.63, 3.8) is 0 Å². The van der Waals surface area contributed by atoms with E-state index in [1.807, 2.05) is 30.3 Å². The molecule has 0 saturated heterocycles. The minimum absolute atomic E-state index is 0. The molecule has 2 atom stereocenters. The van der Waals surface area contributed by atoms with E-state index in [4.69, 9.17) is 15.2 Å². The number of guanidine groups is 1. The molecule has 1 aliphatic rings. The molecule has 3 N–H and O–H groups in total. The van der Waals surface area contributed by atoms with Crippen LogP contribution in [-0.2, 0) is 6.42 Å². The van der Waals surface area contributed by atoms with Gasteiger partial charge in [0.2, 0.25) is 0 Å². The Morgan fingerprint density at radius 3 is 2.63 bits per heavy atom. The average molecular weight is 485 g/mol. The van der Waals surface area contributed by atoms with Gasteiger partial charge in [0.15, 0.2) is 17.5 Å². The van der Waals surface area contributed by atoms with E-state index in [9.17, 15) is 4.39 Å². The molecule has 0 aromatic heterocycles. The van der Waals surface area contributed by atoms with Gasteiger partial charge in [0.1, 0.15) is 5.82 Å². The van der Waals surface area contributed by atoms with Crippen molar-refractivity contribution in [2.24, 2.45) is 10.7 Å². The first-order valence-electron chi connectivity index (χ1n) is 8.64. The number of rotatable bonds is 7. The van der Waals surface area contributed by atoms with Crippen molar-refractivity contribution in [3.05, 3.63) is 59.4 Å². The number of nitrogens with two attached hydrogens (primary N) is 1. The van der Waals surface area contributed by atoms with E-state index in [1.54, 1.807) is 20.3 Å². The van der Waals surface area contributed by atoms with Crippen LogP contribution in [0.15, 0.2) is 47.5 Å². The van der Waals surface area contributed by atoms with Crippen LogP contribution in [0.1, 0.15) is 23.5 Å². The second-order valence-electron chi connectivity index (χ2n) is 6.32. The van der Waals surface area contributed by atoms with Gasteiger partial charge < -0.3 is 20.5 Å². The number of nitrogens with one attached hydrogen (secondary N) is 1. The van der Waals surface area contributed by atoms with Crippen LogP contribution in [0.4, 0.5) is 4.39 Å². The van der Waals surface area contributed by atoms with E-state index < -0.39 is 0 Å². The molecule has 5 nitrogen and oxygen atoms in total. The molecule has 0 spiro atoms. The summed E-state index contributed by atoms with van der Waals surface area (Å²) in [6.07, 6.45) is 1.61. The van der Waals surface area contributed by atoms with Crippen LogP contribution in [-0.4, -0.2) is 32.8 Å². The molecular weight excluding hydrogens is 460 g/mol. The lowest BCUT2D eigenvalue weighted by molar-refractivity contribution is 0.354. The molecule has 2 aromatic rings. The van der Waals surface area contributed by atoms with Gasteiger partial charge in [-0.2, -0.15) is 0 Å². The first-order valence-corrected chi connectivity index (χ1v) is 8.64. The summed E-state index contributed by atoms with van der Waals surface area (Å²) in [4.78, 5) is 4.37. The average Bonchev–Trinajstić information content (AvgIpc) is 3.40. The van der Waals surface area contributed by atoms with Crippen LogP contribution in [0.2, 0.25) is 0 Å². The lowest BCUT2D eigenvalue weighted by atomic mass is 10.1. The Hall–Kier alpha value is -2.03. The van der Waals surface area contributed by atoms with Crippen molar-refractivity contribution in [1.82, 2.24) is 5.32 Å². The van der Waals surface area contributed by atoms with Crippen molar-refractivity contribution in [1.29, 1.82) is 0 Å². The number of hydrogen-bond acceptors (Lipinski definition) is 3. The third-order valence-corrected chi connectivity index (χ3v) is 4.56. The van der Waals surface area contributed by atoms with Crippen LogP contribution in [0.3, 0.4) is 0 Å². The highest BCUT2D eigenvalue weighted by atomic mass is 127. The van der Waals surface area contributed by atoms with E-state index in [1.165, 1.54) is 6.07 Å². The molecule has 27 heavy (non-hydrogen) atoms. The van der Waals surface area contributed by atoms with Crippen molar-refractivity contribution in [2.75, 3.05) is 20.8 Å². The zero-order chi connectivity index (χ0) is 18.5. The van der Waals surface area contributed by atoms with Crippen molar-refractivity contribution >= 4 is 29.9 Å². The second kappa shape index (κ2) is 9.77. The summed E-state index contributed by atoms with van der Waals surface area (Å²) in [5, 5.41) is 3.17. The van der Waals surface area contributed by atoms with Crippen LogP contribution >= 0.6 is 24.0 Å². The molecule has 2 unspecified atom stereocenters. The van der Waals surface area contributed by atoms with Crippen LogP contribution in [0.5, 0.6) is 11.5 Å². The van der Waals surface area contributed by atoms with E-state index in [2.05, 4.69) is 10.3 Å². The predicted molar refractivity (Wildman–Crippen MR) is 116 cm³/mol. The third kappa shape index (κ3) is 5.47. The van der Waals surface area contributed by atoms with Crippen LogP contribution in [0.25, 0.3) is 0 Å². The van der Waals surface area contributed by atoms with Crippen LogP contribution in [0, 0.1) is 5.82 Å². The zero-order valence-electron chi connectivity index (χ0n) is 15.4. The zero-order valence-corrected chi connectivity index (χ0v) is 17.8. The summed E-state index contributed by atoms with van der Waals surface area (Å²) < 4.78 is 24.3. The summed E-state index contributed by atoms with van der Waals surface area (Å²) in [6, 6.07) is 12.8. The van der Waals surface area contributed by atoms with Crippen molar-refractivity contribution in [2.45, 2.75) is 24.8 Å². The van der Waals surface area contributed by atoms with Gasteiger partial charge in [-0.15, -0.1) is 24.0 Å². The predicted octanol–water partition coefficient (Wildman–Crippen LogP) is 3.46. The maximum absolute atomic E-state index is 13.8. The highest BCUT2D eigenvalue weighted by Gasteiger charge is 2.40. The molecule has 0 aliphatic heterocycles. The van der Waals surface area contributed by atoms with Gasteiger partial charge in [-0.3, -0.25) is 4.99 Å². The third-order valence-electron chi connectivity index (χ3n) is 4.56. The molecular formula is C20H25FIN3O2. The molecule has 0 bridgehead atoms. The SMILES string of the molecule is COc1ccc(CCN=C(N)NC2CC2c2ccccc2F)cc1OC.I. The maximum Gasteiger partial charge on any atom is 0.188 e. The molecule has 0 amide bonds. The highest BCUT2D eigenvalue weighted by Crippen LogP contribution is 2.41. The molecule has 3 rings (SSSR count). The van der Waals surface area contributed by atoms with Gasteiger partial charge in [0.25, 0.3) is 0 Å². The minimum Gasteiger partial charge on any atom is -0.493 e. The first kappa shape index (κ1) is 21.3. The van der Waals surface area contributed by atoms with Crippen molar-refractivity contribution < 1.29 is 13.9 Å². The highest BCUT2D eigenvalue weighted by molar-refractivity contribution is 14.0. The van der Waals surface area contributed by atoms with E-state index in [0.29, 0.717) is 24.0 Å². The topological polar surface area (TPSA) is 68.9 Å². The van der Waals surface area contributed by atoms with Gasteiger partial charge in [-0.25, -0.2) is 4.39 Å². The Balaban J connectivity index is 0.00000261. The molecule has 1 saturated carbocycles. The molecule has 0 radical (unpaired) electrons. The summed E-state index contributed by atoms with van der Waals surface area (Å²) in [7, 11) is 3.23. The Morgan fingerprint density at radius 1 is 1.19 bits per heavy atom. The van der Waals surface area contributed by atoms with Gasteiger partial charge in [-0.05, 0) is 42.2 Å². The normalized spacial score (nSPS) is 18.4. The monoisotopic (exact) mass is 485 g/mol. The van der Waals surface area contributed by atoms with Gasteiger partial charge in [0, 0.05) is 18.5 Å². The molecule has 2 aromatic carbocycles. The quantitative estimate of drug-likeness (QED) is 0.358. The molecule has 7 heteroatoms. The number of hydrogen-bond donors (Lipinski definition) is 2. The van der Waals surface area contributed by atoms with Gasteiger partial charge in [-0.1, -0.05) is 24.3 Å². The number of nitrogens with zero attached hydrogens (tertiary/aromatic N) is 1. The van der Waals surface area contributed by atoms with Gasteiger partial charge in [0.05, 0.1) is 14.2 Å². The minimum atomic E-state index is -0.161. The molecule has 1 aliphatic carbocycles. The number of benzene rings is 2. The fraction of sp³-hybridized carbons (Fsp3) is 0.350. The fourth-order valence-electron chi connectivity index (χ4n) is 3.05. The second-order valence-corrected chi connectivity index (χ2v) is 6.32. The fourth-order valence-corrected chi connectivity index (χ4v) is 3.05. The Kier molecular flexibility index (Phi) is 7.70. The largest absolute Gasteiger partial charge is 0.493 e. The summed E-state index contributed by atoms with van der Waals surface area (Å²) in [5.74, 6) is 1.80. The van der Waals surface area contributed by atoms with E-state index in [0.717, 1.165) is 24.0 Å². The number of halogens is 2.